The molecule has 9 heteroatoms. The standard InChI is InChI=1S/C29H32F6N2O/c1-18-14-25(36(5)16-27(30,31)32)20(3)12-23(18)29(38,22-10-8-7-9-11-22)24-13-21(4)26(15-19(24)2)37(6)17-28(33,34)35/h7-15,38H,16-17H2,1-6H3. The number of alkyl halides is 6. The summed E-state index contributed by atoms with van der Waals surface area (Å²) in [6.07, 6.45) is -8.76. The monoisotopic (exact) mass is 538 g/mol. The van der Waals surface area contributed by atoms with Gasteiger partial charge in [0.2, 0.25) is 0 Å². The molecule has 0 aliphatic carbocycles. The van der Waals surface area contributed by atoms with Gasteiger partial charge in [-0.1, -0.05) is 42.5 Å². The highest BCUT2D eigenvalue weighted by Gasteiger charge is 2.38. The fourth-order valence-corrected chi connectivity index (χ4v) is 5.05. The van der Waals surface area contributed by atoms with Gasteiger partial charge in [-0.3, -0.25) is 0 Å². The van der Waals surface area contributed by atoms with E-state index in [1.807, 2.05) is 0 Å². The lowest BCUT2D eigenvalue weighted by atomic mass is 9.75. The van der Waals surface area contributed by atoms with Crippen molar-refractivity contribution in [1.82, 2.24) is 0 Å². The van der Waals surface area contributed by atoms with Crippen molar-refractivity contribution in [3.8, 4) is 0 Å². The van der Waals surface area contributed by atoms with Gasteiger partial charge in [-0.05, 0) is 78.8 Å². The first-order valence-electron chi connectivity index (χ1n) is 12.0. The van der Waals surface area contributed by atoms with Crippen molar-refractivity contribution in [3.05, 3.63) is 93.5 Å². The number of anilines is 2. The highest BCUT2D eigenvalue weighted by Crippen LogP contribution is 2.43. The van der Waals surface area contributed by atoms with Crippen LogP contribution in [0.15, 0.2) is 54.6 Å². The summed E-state index contributed by atoms with van der Waals surface area (Å²) >= 11 is 0. The van der Waals surface area contributed by atoms with Crippen LogP contribution in [0.2, 0.25) is 0 Å². The van der Waals surface area contributed by atoms with Crippen LogP contribution in [0.1, 0.15) is 38.9 Å². The maximum Gasteiger partial charge on any atom is 0.405 e. The normalized spacial score (nSPS) is 12.6. The summed E-state index contributed by atoms with van der Waals surface area (Å²) in [7, 11) is 2.73. The summed E-state index contributed by atoms with van der Waals surface area (Å²) in [5, 5.41) is 12.5. The van der Waals surface area contributed by atoms with Gasteiger partial charge in [0.1, 0.15) is 18.7 Å². The average molecular weight is 539 g/mol. The molecular formula is C29H32F6N2O. The van der Waals surface area contributed by atoms with E-state index >= 15 is 0 Å². The van der Waals surface area contributed by atoms with E-state index in [0.29, 0.717) is 50.3 Å². The van der Waals surface area contributed by atoms with Crippen LogP contribution in [0.3, 0.4) is 0 Å². The molecule has 1 N–H and O–H groups in total. The Bertz CT molecular complexity index is 1210. The van der Waals surface area contributed by atoms with Crippen molar-refractivity contribution in [2.24, 2.45) is 0 Å². The quantitative estimate of drug-likeness (QED) is 0.255. The molecule has 38 heavy (non-hydrogen) atoms. The Kier molecular flexibility index (Phi) is 8.13. The molecule has 0 amide bonds. The second-order valence-electron chi connectivity index (χ2n) is 9.93. The molecule has 0 aromatic heterocycles. The third kappa shape index (κ3) is 6.26. The van der Waals surface area contributed by atoms with E-state index in [4.69, 9.17) is 0 Å². The van der Waals surface area contributed by atoms with E-state index in [0.717, 1.165) is 9.80 Å². The highest BCUT2D eigenvalue weighted by molar-refractivity contribution is 5.64. The summed E-state index contributed by atoms with van der Waals surface area (Å²) < 4.78 is 78.3. The first-order valence-corrected chi connectivity index (χ1v) is 12.0. The molecule has 3 aromatic carbocycles. The third-order valence-corrected chi connectivity index (χ3v) is 6.71. The van der Waals surface area contributed by atoms with E-state index in [1.165, 1.54) is 14.1 Å². The number of aliphatic hydroxyl groups is 1. The molecule has 0 aliphatic rings. The summed E-state index contributed by atoms with van der Waals surface area (Å²) in [6.45, 7) is 4.57. The summed E-state index contributed by atoms with van der Waals surface area (Å²) in [4.78, 5) is 2.24. The van der Waals surface area contributed by atoms with E-state index < -0.39 is 31.0 Å². The molecule has 0 saturated heterocycles. The number of halogens is 6. The maximum absolute atomic E-state index is 13.1. The molecule has 3 aromatic rings. The number of benzene rings is 3. The van der Waals surface area contributed by atoms with Crippen molar-refractivity contribution in [2.45, 2.75) is 45.6 Å². The predicted molar refractivity (Wildman–Crippen MR) is 139 cm³/mol. The minimum absolute atomic E-state index is 0.385. The minimum atomic E-state index is -4.38. The Balaban J connectivity index is 2.22. The number of nitrogens with zero attached hydrogens (tertiary/aromatic N) is 2. The topological polar surface area (TPSA) is 26.7 Å². The molecule has 0 bridgehead atoms. The van der Waals surface area contributed by atoms with Crippen molar-refractivity contribution >= 4 is 11.4 Å². The summed E-state index contributed by atoms with van der Waals surface area (Å²) in [6, 6.07) is 15.4. The van der Waals surface area contributed by atoms with Crippen LogP contribution in [0, 0.1) is 27.7 Å². The zero-order valence-electron chi connectivity index (χ0n) is 22.2. The van der Waals surface area contributed by atoms with Crippen LogP contribution in [0.4, 0.5) is 37.7 Å². The van der Waals surface area contributed by atoms with E-state index in [-0.39, 0.29) is 0 Å². The smallest absolute Gasteiger partial charge is 0.376 e. The minimum Gasteiger partial charge on any atom is -0.376 e. The van der Waals surface area contributed by atoms with E-state index in [2.05, 4.69) is 0 Å². The lowest BCUT2D eigenvalue weighted by molar-refractivity contribution is -0.120. The molecule has 0 fully saturated rings. The van der Waals surface area contributed by atoms with Crippen LogP contribution in [-0.2, 0) is 5.60 Å². The number of hydrogen-bond acceptors (Lipinski definition) is 3. The SMILES string of the molecule is Cc1cc(C(O)(c2ccccc2)c2cc(C)c(N(C)CC(F)(F)F)cc2C)c(C)cc1N(C)CC(F)(F)F. The average Bonchev–Trinajstić information content (AvgIpc) is 2.79. The summed E-state index contributed by atoms with van der Waals surface area (Å²) in [5.41, 5.74) is 2.76. The molecule has 206 valence electrons. The third-order valence-electron chi connectivity index (χ3n) is 6.71. The fraction of sp³-hybridized carbons (Fsp3) is 0.379. The van der Waals surface area contributed by atoms with Crippen LogP contribution < -0.4 is 9.80 Å². The van der Waals surface area contributed by atoms with Crippen molar-refractivity contribution in [3.63, 3.8) is 0 Å². The van der Waals surface area contributed by atoms with Gasteiger partial charge < -0.3 is 14.9 Å². The van der Waals surface area contributed by atoms with E-state index in [9.17, 15) is 31.4 Å². The molecule has 0 atom stereocenters. The molecule has 3 rings (SSSR count). The Morgan fingerprint density at radius 1 is 0.605 bits per heavy atom. The largest absolute Gasteiger partial charge is 0.405 e. The molecule has 0 spiro atoms. The van der Waals surface area contributed by atoms with Gasteiger partial charge >= 0.3 is 12.4 Å². The van der Waals surface area contributed by atoms with Crippen LogP contribution >= 0.6 is 0 Å². The molecule has 0 radical (unpaired) electrons. The van der Waals surface area contributed by atoms with Gasteiger partial charge in [0, 0.05) is 25.5 Å². The van der Waals surface area contributed by atoms with Gasteiger partial charge in [-0.15, -0.1) is 0 Å². The van der Waals surface area contributed by atoms with Crippen LogP contribution in [0.25, 0.3) is 0 Å². The Morgan fingerprint density at radius 2 is 0.974 bits per heavy atom. The van der Waals surface area contributed by atoms with Crippen LogP contribution in [-0.4, -0.2) is 44.6 Å². The van der Waals surface area contributed by atoms with Crippen molar-refractivity contribution in [2.75, 3.05) is 37.0 Å². The first-order chi connectivity index (χ1) is 17.4. The zero-order chi connectivity index (χ0) is 28.6. The fourth-order valence-electron chi connectivity index (χ4n) is 5.05. The molecule has 0 aliphatic heterocycles. The predicted octanol–water partition coefficient (Wildman–Crippen LogP) is 7.20. The molecule has 0 heterocycles. The van der Waals surface area contributed by atoms with E-state index in [1.54, 1.807) is 82.3 Å². The number of aryl methyl sites for hydroxylation is 4. The van der Waals surface area contributed by atoms with Crippen molar-refractivity contribution in [1.29, 1.82) is 0 Å². The Hall–Kier alpha value is -3.20. The van der Waals surface area contributed by atoms with Gasteiger partial charge in [-0.25, -0.2) is 0 Å². The lowest BCUT2D eigenvalue weighted by Crippen LogP contribution is -2.34. The number of rotatable bonds is 7. The van der Waals surface area contributed by atoms with Crippen LogP contribution in [0.5, 0.6) is 0 Å². The zero-order valence-corrected chi connectivity index (χ0v) is 22.2. The van der Waals surface area contributed by atoms with Gasteiger partial charge in [0.05, 0.1) is 0 Å². The molecular weight excluding hydrogens is 506 g/mol. The summed E-state index contributed by atoms with van der Waals surface area (Å²) in [5.74, 6) is 0. The van der Waals surface area contributed by atoms with Gasteiger partial charge in [0.15, 0.2) is 0 Å². The lowest BCUT2D eigenvalue weighted by Gasteiger charge is -2.35. The highest BCUT2D eigenvalue weighted by atomic mass is 19.4. The number of hydrogen-bond donors (Lipinski definition) is 1. The molecule has 0 saturated carbocycles. The second kappa shape index (κ2) is 10.5. The Morgan fingerprint density at radius 3 is 1.32 bits per heavy atom. The maximum atomic E-state index is 13.1. The van der Waals surface area contributed by atoms with Crippen molar-refractivity contribution < 1.29 is 31.4 Å². The van der Waals surface area contributed by atoms with Gasteiger partial charge in [0.25, 0.3) is 0 Å². The molecule has 3 nitrogen and oxygen atoms in total. The first kappa shape index (κ1) is 29.4. The molecule has 0 unspecified atom stereocenters. The van der Waals surface area contributed by atoms with Gasteiger partial charge in [-0.2, -0.15) is 26.3 Å². The second-order valence-corrected chi connectivity index (χ2v) is 9.93. The Labute approximate surface area is 219 Å².